The van der Waals surface area contributed by atoms with Gasteiger partial charge in [0.2, 0.25) is 5.91 Å². The van der Waals surface area contributed by atoms with Crippen LogP contribution in [-0.4, -0.2) is 19.0 Å². The van der Waals surface area contributed by atoms with Crippen molar-refractivity contribution in [3.05, 3.63) is 35.4 Å². The van der Waals surface area contributed by atoms with Gasteiger partial charge >= 0.3 is 6.18 Å². The molecule has 1 aromatic carbocycles. The zero-order valence-electron chi connectivity index (χ0n) is 12.3. The molecule has 124 valence electrons. The molecular weight excluding hydrogens is 317 g/mol. The Morgan fingerprint density at radius 1 is 1.41 bits per heavy atom. The van der Waals surface area contributed by atoms with Crippen LogP contribution in [0.15, 0.2) is 24.3 Å². The summed E-state index contributed by atoms with van der Waals surface area (Å²) >= 11 is 0. The first-order valence-corrected chi connectivity index (χ1v) is 6.96. The Morgan fingerprint density at radius 2 is 2.14 bits per heavy atom. The van der Waals surface area contributed by atoms with Crippen molar-refractivity contribution in [3.8, 4) is 0 Å². The number of piperidine rings is 1. The third kappa shape index (κ3) is 4.61. The number of rotatable bonds is 3. The molecule has 0 aliphatic carbocycles. The maximum atomic E-state index is 12.6. The highest BCUT2D eigenvalue weighted by atomic mass is 35.5. The van der Waals surface area contributed by atoms with Crippen LogP contribution in [0.4, 0.5) is 13.2 Å². The van der Waals surface area contributed by atoms with E-state index in [2.05, 4.69) is 10.6 Å². The summed E-state index contributed by atoms with van der Waals surface area (Å²) in [5.74, 6) is -0.118. The fourth-order valence-electron chi connectivity index (χ4n) is 2.50. The predicted molar refractivity (Wildman–Crippen MR) is 80.7 cm³/mol. The van der Waals surface area contributed by atoms with Crippen molar-refractivity contribution in [3.63, 3.8) is 0 Å². The largest absolute Gasteiger partial charge is 0.416 e. The van der Waals surface area contributed by atoms with Crippen LogP contribution in [-0.2, 0) is 17.5 Å². The molecule has 1 saturated heterocycles. The highest BCUT2D eigenvalue weighted by Gasteiger charge is 2.34. The van der Waals surface area contributed by atoms with E-state index in [1.165, 1.54) is 6.07 Å². The summed E-state index contributed by atoms with van der Waals surface area (Å²) < 4.78 is 37.9. The van der Waals surface area contributed by atoms with E-state index in [0.29, 0.717) is 12.1 Å². The highest BCUT2D eigenvalue weighted by molar-refractivity contribution is 5.85. The lowest BCUT2D eigenvalue weighted by molar-refractivity contribution is -0.137. The van der Waals surface area contributed by atoms with Gasteiger partial charge in [0.05, 0.1) is 11.0 Å². The molecule has 2 rings (SSSR count). The second-order valence-electron chi connectivity index (χ2n) is 5.72. The van der Waals surface area contributed by atoms with Crippen LogP contribution >= 0.6 is 12.4 Å². The molecule has 1 aliphatic heterocycles. The molecule has 0 aromatic heterocycles. The Balaban J connectivity index is 0.00000242. The van der Waals surface area contributed by atoms with Gasteiger partial charge in [-0.2, -0.15) is 13.2 Å². The van der Waals surface area contributed by atoms with Gasteiger partial charge in [0.1, 0.15) is 0 Å². The maximum absolute atomic E-state index is 12.6. The monoisotopic (exact) mass is 336 g/mol. The summed E-state index contributed by atoms with van der Waals surface area (Å²) in [7, 11) is 0. The van der Waals surface area contributed by atoms with Crippen molar-refractivity contribution in [2.75, 3.05) is 13.1 Å². The van der Waals surface area contributed by atoms with Crippen molar-refractivity contribution < 1.29 is 18.0 Å². The lowest BCUT2D eigenvalue weighted by atomic mass is 9.82. The molecule has 7 heteroatoms. The quantitative estimate of drug-likeness (QED) is 0.890. The van der Waals surface area contributed by atoms with Crippen LogP contribution in [0, 0.1) is 5.41 Å². The van der Waals surface area contributed by atoms with E-state index >= 15 is 0 Å². The fourth-order valence-corrected chi connectivity index (χ4v) is 2.50. The van der Waals surface area contributed by atoms with Gasteiger partial charge in [-0.1, -0.05) is 12.1 Å². The standard InChI is InChI=1S/C15H19F3N2O.ClH/c1-14(6-3-7-19-10-14)13(21)20-9-11-4-2-5-12(8-11)15(16,17)18;/h2,4-5,8,19H,3,6-7,9-10H2,1H3,(H,20,21);1H. The molecule has 3 nitrogen and oxygen atoms in total. The topological polar surface area (TPSA) is 41.1 Å². The van der Waals surface area contributed by atoms with Crippen molar-refractivity contribution in [2.45, 2.75) is 32.5 Å². The van der Waals surface area contributed by atoms with Crippen molar-refractivity contribution >= 4 is 18.3 Å². The number of halogens is 4. The predicted octanol–water partition coefficient (Wildman–Crippen LogP) is 3.13. The molecular formula is C15H20ClF3N2O. The minimum absolute atomic E-state index is 0. The van der Waals surface area contributed by atoms with Crippen LogP contribution in [0.25, 0.3) is 0 Å². The van der Waals surface area contributed by atoms with Crippen LogP contribution < -0.4 is 10.6 Å². The molecule has 1 fully saturated rings. The first kappa shape index (κ1) is 18.8. The van der Waals surface area contributed by atoms with Gasteiger partial charge in [0.25, 0.3) is 0 Å². The molecule has 1 amide bonds. The molecule has 1 heterocycles. The molecule has 0 saturated carbocycles. The van der Waals surface area contributed by atoms with Gasteiger partial charge < -0.3 is 10.6 Å². The number of hydrogen-bond donors (Lipinski definition) is 2. The lowest BCUT2D eigenvalue weighted by Gasteiger charge is -2.32. The van der Waals surface area contributed by atoms with Gasteiger partial charge in [-0.05, 0) is 44.0 Å². The van der Waals surface area contributed by atoms with E-state index < -0.39 is 17.2 Å². The fraction of sp³-hybridized carbons (Fsp3) is 0.533. The number of alkyl halides is 3. The first-order chi connectivity index (χ1) is 9.81. The van der Waals surface area contributed by atoms with Crippen LogP contribution in [0.1, 0.15) is 30.9 Å². The summed E-state index contributed by atoms with van der Waals surface area (Å²) in [5.41, 5.74) is -0.731. The van der Waals surface area contributed by atoms with Crippen LogP contribution in [0.2, 0.25) is 0 Å². The third-order valence-corrected chi connectivity index (χ3v) is 3.85. The van der Waals surface area contributed by atoms with E-state index in [0.717, 1.165) is 31.5 Å². The van der Waals surface area contributed by atoms with E-state index in [-0.39, 0.29) is 24.9 Å². The molecule has 1 aliphatic rings. The Bertz CT molecular complexity index is 514. The third-order valence-electron chi connectivity index (χ3n) is 3.85. The smallest absolute Gasteiger partial charge is 0.352 e. The van der Waals surface area contributed by atoms with Crippen LogP contribution in [0.3, 0.4) is 0 Å². The van der Waals surface area contributed by atoms with Gasteiger partial charge in [0, 0.05) is 13.1 Å². The molecule has 0 spiro atoms. The van der Waals surface area contributed by atoms with Crippen LogP contribution in [0.5, 0.6) is 0 Å². The number of carbonyl (C=O) groups excluding carboxylic acids is 1. The minimum atomic E-state index is -4.36. The Morgan fingerprint density at radius 3 is 2.73 bits per heavy atom. The number of nitrogens with one attached hydrogen (secondary N) is 2. The molecule has 1 aromatic rings. The molecule has 2 N–H and O–H groups in total. The summed E-state index contributed by atoms with van der Waals surface area (Å²) in [5, 5.41) is 5.92. The molecule has 0 radical (unpaired) electrons. The average molecular weight is 337 g/mol. The van der Waals surface area contributed by atoms with E-state index in [4.69, 9.17) is 0 Å². The normalized spacial score (nSPS) is 21.8. The summed E-state index contributed by atoms with van der Waals surface area (Å²) in [6.07, 6.45) is -2.65. The van der Waals surface area contributed by atoms with E-state index in [1.54, 1.807) is 6.07 Å². The van der Waals surface area contributed by atoms with Crippen molar-refractivity contribution in [2.24, 2.45) is 5.41 Å². The zero-order valence-corrected chi connectivity index (χ0v) is 13.1. The number of benzene rings is 1. The minimum Gasteiger partial charge on any atom is -0.352 e. The van der Waals surface area contributed by atoms with Gasteiger partial charge in [-0.3, -0.25) is 4.79 Å². The number of carbonyl (C=O) groups is 1. The first-order valence-electron chi connectivity index (χ1n) is 6.96. The summed E-state index contributed by atoms with van der Waals surface area (Å²) in [6.45, 7) is 3.48. The summed E-state index contributed by atoms with van der Waals surface area (Å²) in [6, 6.07) is 5.03. The van der Waals surface area contributed by atoms with Gasteiger partial charge in [-0.15, -0.1) is 12.4 Å². The zero-order chi connectivity index (χ0) is 15.5. The molecule has 0 bridgehead atoms. The van der Waals surface area contributed by atoms with Gasteiger partial charge in [0.15, 0.2) is 0 Å². The number of hydrogen-bond acceptors (Lipinski definition) is 2. The van der Waals surface area contributed by atoms with Crippen molar-refractivity contribution in [1.82, 2.24) is 10.6 Å². The SMILES string of the molecule is CC1(C(=O)NCc2cccc(C(F)(F)F)c2)CCCNC1.Cl. The maximum Gasteiger partial charge on any atom is 0.416 e. The van der Waals surface area contributed by atoms with E-state index in [9.17, 15) is 18.0 Å². The second-order valence-corrected chi connectivity index (χ2v) is 5.72. The number of amides is 1. The Kier molecular flexibility index (Phi) is 6.26. The molecule has 22 heavy (non-hydrogen) atoms. The van der Waals surface area contributed by atoms with Gasteiger partial charge in [-0.25, -0.2) is 0 Å². The lowest BCUT2D eigenvalue weighted by Crippen LogP contribution is -2.48. The molecule has 1 unspecified atom stereocenters. The second kappa shape index (κ2) is 7.33. The highest BCUT2D eigenvalue weighted by Crippen LogP contribution is 2.30. The Hall–Kier alpha value is -1.27. The Labute approximate surface area is 134 Å². The average Bonchev–Trinajstić information content (AvgIpc) is 2.45. The van der Waals surface area contributed by atoms with E-state index in [1.807, 2.05) is 6.92 Å². The summed E-state index contributed by atoms with van der Waals surface area (Å²) in [4.78, 5) is 12.2. The van der Waals surface area contributed by atoms with Crippen molar-refractivity contribution in [1.29, 1.82) is 0 Å². The molecule has 1 atom stereocenters.